The van der Waals surface area contributed by atoms with E-state index in [0.717, 1.165) is 17.4 Å². The van der Waals surface area contributed by atoms with E-state index >= 15 is 4.39 Å². The summed E-state index contributed by atoms with van der Waals surface area (Å²) in [5, 5.41) is 12.3. The van der Waals surface area contributed by atoms with E-state index in [4.69, 9.17) is 4.42 Å². The van der Waals surface area contributed by atoms with Crippen LogP contribution in [0.5, 0.6) is 0 Å². The minimum Gasteiger partial charge on any atom is -0.477 e. The lowest BCUT2D eigenvalue weighted by atomic mass is 10.0. The van der Waals surface area contributed by atoms with E-state index < -0.39 is 40.8 Å². The predicted octanol–water partition coefficient (Wildman–Crippen LogP) is 1.28. The topological polar surface area (TPSA) is 164 Å². The number of aromatic nitrogens is 2. The molecule has 0 spiro atoms. The molecule has 1 aliphatic carbocycles. The maximum absolute atomic E-state index is 15.2. The molecule has 0 radical (unpaired) electrons. The largest absolute Gasteiger partial charge is 0.477 e. The molecule has 2 aliphatic heterocycles. The lowest BCUT2D eigenvalue weighted by Gasteiger charge is -2.49. The number of fused-ring (bicyclic) bond motifs is 1. The zero-order valence-electron chi connectivity index (χ0n) is 24.0. The van der Waals surface area contributed by atoms with Gasteiger partial charge in [-0.3, -0.25) is 24.1 Å². The van der Waals surface area contributed by atoms with Gasteiger partial charge in [0.1, 0.15) is 28.7 Å². The number of amides is 3. The number of aliphatic carboxylic acids is 1. The van der Waals surface area contributed by atoms with Gasteiger partial charge in [-0.25, -0.2) is 28.6 Å². The molecule has 4 heterocycles. The van der Waals surface area contributed by atoms with Gasteiger partial charge in [-0.1, -0.05) is 0 Å². The number of carboxylic acid groups (broad SMARTS) is 1. The van der Waals surface area contributed by atoms with Crippen LogP contribution in [0.3, 0.4) is 0 Å². The van der Waals surface area contributed by atoms with E-state index in [-0.39, 0.29) is 41.6 Å². The summed E-state index contributed by atoms with van der Waals surface area (Å²) in [4.78, 5) is 67.2. The number of carbonyl (C=O) groups excluding carboxylic acids is 3. The van der Waals surface area contributed by atoms with Crippen LogP contribution >= 0.6 is 11.8 Å². The molecule has 3 N–H and O–H groups in total. The number of hydrogen-bond acceptors (Lipinski definition) is 8. The van der Waals surface area contributed by atoms with Gasteiger partial charge in [-0.15, -0.1) is 11.8 Å². The number of pyridine rings is 1. The fourth-order valence-electron chi connectivity index (χ4n) is 5.43. The van der Waals surface area contributed by atoms with Gasteiger partial charge in [-0.2, -0.15) is 0 Å². The Morgan fingerprint density at radius 1 is 1.16 bits per heavy atom. The first-order valence-corrected chi connectivity index (χ1v) is 15.2. The number of hydroxylamine groups is 1. The highest BCUT2D eigenvalue weighted by Crippen LogP contribution is 2.41. The first kappa shape index (κ1) is 30.3. The summed E-state index contributed by atoms with van der Waals surface area (Å²) in [6.45, 7) is 0.194. The zero-order valence-corrected chi connectivity index (χ0v) is 24.8. The fourth-order valence-corrected chi connectivity index (χ4v) is 6.76. The van der Waals surface area contributed by atoms with Crippen molar-refractivity contribution < 1.29 is 42.5 Å². The van der Waals surface area contributed by atoms with Crippen LogP contribution in [0.25, 0.3) is 16.8 Å². The smallest absolute Gasteiger partial charge is 0.423 e. The maximum Gasteiger partial charge on any atom is 0.423 e. The van der Waals surface area contributed by atoms with Crippen LogP contribution < -0.4 is 21.1 Å². The number of rotatable bonds is 11. The number of thioether (sulfide) groups is 1. The van der Waals surface area contributed by atoms with Crippen molar-refractivity contribution in [1.29, 1.82) is 0 Å². The van der Waals surface area contributed by atoms with Crippen molar-refractivity contribution in [1.82, 2.24) is 20.3 Å². The van der Waals surface area contributed by atoms with Crippen LogP contribution in [-0.4, -0.2) is 62.5 Å². The molecule has 13 nitrogen and oxygen atoms in total. The monoisotopic (exact) mass is 638 g/mol. The SMILES string of the molecule is CONC(=O)Cc1cn(-c2ccc(-c3cc[n+](CC4=C(C(=O)O)N5C(=O)[C@@H](NC(=O)CC6CC6)[C@@H]5SC4)cc3)c(F)c2)c(=O)o1. The molecule has 2 aromatic heterocycles. The first-order valence-electron chi connectivity index (χ1n) is 14.1. The Morgan fingerprint density at radius 2 is 1.91 bits per heavy atom. The summed E-state index contributed by atoms with van der Waals surface area (Å²) in [5.74, 6) is -2.91. The van der Waals surface area contributed by atoms with Crippen LogP contribution in [-0.2, 0) is 37.0 Å². The predicted molar refractivity (Wildman–Crippen MR) is 156 cm³/mol. The molecule has 234 valence electrons. The summed E-state index contributed by atoms with van der Waals surface area (Å²) < 4.78 is 23.1. The Labute approximate surface area is 259 Å². The second-order valence-corrected chi connectivity index (χ2v) is 12.1. The summed E-state index contributed by atoms with van der Waals surface area (Å²) >= 11 is 1.41. The van der Waals surface area contributed by atoms with Crippen LogP contribution in [0, 0.1) is 11.7 Å². The average Bonchev–Trinajstić information content (AvgIpc) is 3.75. The second-order valence-electron chi connectivity index (χ2n) is 11.0. The molecule has 1 saturated carbocycles. The number of oxazole rings is 1. The van der Waals surface area contributed by atoms with Crippen molar-refractivity contribution in [2.45, 2.75) is 43.6 Å². The van der Waals surface area contributed by atoms with Gasteiger partial charge < -0.3 is 14.8 Å². The lowest BCUT2D eigenvalue weighted by molar-refractivity contribution is -0.689. The molecule has 6 rings (SSSR count). The van der Waals surface area contributed by atoms with Crippen molar-refractivity contribution in [3.8, 4) is 16.8 Å². The molecule has 1 saturated heterocycles. The standard InChI is InChI=1S/C30H28FN5O8S/c1-43-33-24(38)12-20-14-35(30(42)44-20)19-4-5-21(22(31)11-19)17-6-8-34(9-7-17)13-18-15-45-28-25(32-23(37)10-16-2-3-16)27(39)36(28)26(18)29(40)41/h4-9,11,14,16,25,28H,2-3,10,12-13,15H2,1H3,(H2-,32,33,37,38,40,41)/p+1/t25-,28+/m1/s1. The number of nitrogens with one attached hydrogen (secondary N) is 2. The Hall–Kier alpha value is -4.76. The molecule has 0 bridgehead atoms. The van der Waals surface area contributed by atoms with Gasteiger partial charge in [0.2, 0.25) is 5.91 Å². The highest BCUT2D eigenvalue weighted by molar-refractivity contribution is 8.00. The molecule has 0 unspecified atom stereocenters. The fraction of sp³-hybridized carbons (Fsp3) is 0.333. The minimum absolute atomic E-state index is 0.0772. The number of hydrogen-bond donors (Lipinski definition) is 3. The van der Waals surface area contributed by atoms with Gasteiger partial charge in [0.25, 0.3) is 11.8 Å². The van der Waals surface area contributed by atoms with Gasteiger partial charge in [-0.05, 0) is 42.5 Å². The van der Waals surface area contributed by atoms with Crippen LogP contribution in [0.2, 0.25) is 0 Å². The summed E-state index contributed by atoms with van der Waals surface area (Å²) in [7, 11) is 1.28. The van der Waals surface area contributed by atoms with E-state index in [0.29, 0.717) is 29.2 Å². The molecule has 45 heavy (non-hydrogen) atoms. The highest BCUT2D eigenvalue weighted by atomic mass is 32.2. The van der Waals surface area contributed by atoms with Crippen LogP contribution in [0.15, 0.2) is 69.4 Å². The van der Waals surface area contributed by atoms with E-state index in [9.17, 15) is 29.1 Å². The Kier molecular flexibility index (Phi) is 8.29. The molecule has 2 atom stereocenters. The second kappa shape index (κ2) is 12.3. The number of carboxylic acids is 1. The van der Waals surface area contributed by atoms with E-state index in [2.05, 4.69) is 15.6 Å². The molecular weight excluding hydrogens is 609 g/mol. The van der Waals surface area contributed by atoms with Crippen molar-refractivity contribution in [3.63, 3.8) is 0 Å². The third-order valence-electron chi connectivity index (χ3n) is 7.78. The van der Waals surface area contributed by atoms with Crippen LogP contribution in [0.1, 0.15) is 25.0 Å². The lowest BCUT2D eigenvalue weighted by Crippen LogP contribution is -2.70. The van der Waals surface area contributed by atoms with Crippen molar-refractivity contribution in [2.75, 3.05) is 12.9 Å². The normalized spacial score (nSPS) is 19.2. The molecule has 3 aliphatic rings. The average molecular weight is 639 g/mol. The molecule has 3 amide bonds. The van der Waals surface area contributed by atoms with Gasteiger partial charge in [0.05, 0.1) is 25.4 Å². The van der Waals surface area contributed by atoms with E-state index in [1.807, 2.05) is 0 Å². The third kappa shape index (κ3) is 6.26. The van der Waals surface area contributed by atoms with Gasteiger partial charge in [0, 0.05) is 35.4 Å². The number of β-lactam (4-membered cyclic amide) rings is 1. The highest BCUT2D eigenvalue weighted by Gasteiger charge is 2.54. The Morgan fingerprint density at radius 3 is 2.58 bits per heavy atom. The van der Waals surface area contributed by atoms with Gasteiger partial charge >= 0.3 is 11.7 Å². The number of nitrogens with zero attached hydrogens (tertiary/aromatic N) is 3. The zero-order chi connectivity index (χ0) is 31.8. The van der Waals surface area contributed by atoms with Crippen molar-refractivity contribution in [3.05, 3.63) is 82.3 Å². The summed E-state index contributed by atoms with van der Waals surface area (Å²) in [6, 6.07) is 6.85. The quantitative estimate of drug-likeness (QED) is 0.160. The molecular formula is C30H29FN5O8S+. The number of benzene rings is 1. The molecule has 1 aromatic carbocycles. The molecule has 15 heteroatoms. The van der Waals surface area contributed by atoms with E-state index in [1.165, 1.54) is 42.1 Å². The van der Waals surface area contributed by atoms with Gasteiger partial charge in [0.15, 0.2) is 18.9 Å². The molecule has 2 fully saturated rings. The molecule has 3 aromatic rings. The summed E-state index contributed by atoms with van der Waals surface area (Å²) in [5.41, 5.74) is 3.60. The van der Waals surface area contributed by atoms with Crippen molar-refractivity contribution in [2.24, 2.45) is 5.92 Å². The number of halogens is 1. The Bertz CT molecular complexity index is 1780. The Balaban J connectivity index is 1.14. The first-order chi connectivity index (χ1) is 21.6. The summed E-state index contributed by atoms with van der Waals surface area (Å²) in [6.07, 6.45) is 6.85. The van der Waals surface area contributed by atoms with Crippen LogP contribution in [0.4, 0.5) is 4.39 Å². The number of carbonyl (C=O) groups is 4. The van der Waals surface area contributed by atoms with Crippen molar-refractivity contribution >= 4 is 35.5 Å². The minimum atomic E-state index is -1.21. The third-order valence-corrected chi connectivity index (χ3v) is 9.12. The van der Waals surface area contributed by atoms with E-state index in [1.54, 1.807) is 35.2 Å². The maximum atomic E-state index is 15.2.